The Bertz CT molecular complexity index is 420. The van der Waals surface area contributed by atoms with Gasteiger partial charge in [-0.15, -0.1) is 0 Å². The van der Waals surface area contributed by atoms with E-state index >= 15 is 0 Å². The van der Waals surface area contributed by atoms with Gasteiger partial charge in [0, 0.05) is 5.54 Å². The largest absolute Gasteiger partial charge is 0.493 e. The van der Waals surface area contributed by atoms with Gasteiger partial charge in [0.15, 0.2) is 0 Å². The average molecular weight is 293 g/mol. The van der Waals surface area contributed by atoms with E-state index in [1.165, 1.54) is 11.1 Å². The number of benzene rings is 1. The maximum Gasteiger partial charge on any atom is 0.122 e. The van der Waals surface area contributed by atoms with Gasteiger partial charge < -0.3 is 15.2 Å². The molecule has 1 atom stereocenters. The molecule has 21 heavy (non-hydrogen) atoms. The lowest BCUT2D eigenvalue weighted by Gasteiger charge is -2.28. The number of aliphatic hydroxyl groups is 1. The second-order valence-corrected chi connectivity index (χ2v) is 6.22. The minimum atomic E-state index is -0.157. The van der Waals surface area contributed by atoms with Crippen molar-refractivity contribution in [3.63, 3.8) is 0 Å². The molecule has 3 heteroatoms. The Morgan fingerprint density at radius 3 is 2.62 bits per heavy atom. The summed E-state index contributed by atoms with van der Waals surface area (Å²) in [4.78, 5) is 0. The average Bonchev–Trinajstić information content (AvgIpc) is 2.47. The predicted molar refractivity (Wildman–Crippen MR) is 89.0 cm³/mol. The molecule has 1 aromatic carbocycles. The maximum absolute atomic E-state index is 9.52. The molecule has 3 nitrogen and oxygen atoms in total. The van der Waals surface area contributed by atoms with Gasteiger partial charge in [-0.3, -0.25) is 0 Å². The van der Waals surface area contributed by atoms with Gasteiger partial charge in [0.05, 0.1) is 13.2 Å². The van der Waals surface area contributed by atoms with E-state index in [9.17, 15) is 5.11 Å². The first-order valence-corrected chi connectivity index (χ1v) is 8.06. The smallest absolute Gasteiger partial charge is 0.122 e. The zero-order valence-corrected chi connectivity index (χ0v) is 14.0. The molecule has 0 saturated heterocycles. The first-order chi connectivity index (χ1) is 10.0. The van der Waals surface area contributed by atoms with Gasteiger partial charge in [-0.2, -0.15) is 0 Å². The van der Waals surface area contributed by atoms with Gasteiger partial charge in [0.1, 0.15) is 5.75 Å². The highest BCUT2D eigenvalue weighted by molar-refractivity contribution is 5.35. The van der Waals surface area contributed by atoms with Crippen molar-refractivity contribution >= 4 is 0 Å². The van der Waals surface area contributed by atoms with Gasteiger partial charge in [0.2, 0.25) is 0 Å². The third-order valence-corrected chi connectivity index (χ3v) is 3.86. The highest BCUT2D eigenvalue weighted by Gasteiger charge is 2.21. The van der Waals surface area contributed by atoms with Crippen LogP contribution < -0.4 is 10.1 Å². The summed E-state index contributed by atoms with van der Waals surface area (Å²) in [7, 11) is 0. The van der Waals surface area contributed by atoms with Crippen LogP contribution in [0.4, 0.5) is 0 Å². The van der Waals surface area contributed by atoms with Crippen molar-refractivity contribution < 1.29 is 9.84 Å². The third-order valence-electron chi connectivity index (χ3n) is 3.86. The second-order valence-electron chi connectivity index (χ2n) is 6.22. The molecule has 2 N–H and O–H groups in total. The lowest BCUT2D eigenvalue weighted by atomic mass is 9.95. The summed E-state index contributed by atoms with van der Waals surface area (Å²) in [5.41, 5.74) is 2.30. The molecular weight excluding hydrogens is 262 g/mol. The zero-order valence-electron chi connectivity index (χ0n) is 14.0. The molecule has 0 saturated carbocycles. The van der Waals surface area contributed by atoms with Gasteiger partial charge in [-0.25, -0.2) is 0 Å². The molecule has 0 bridgehead atoms. The van der Waals surface area contributed by atoms with Gasteiger partial charge in [-0.05, 0) is 64.6 Å². The summed E-state index contributed by atoms with van der Waals surface area (Å²) in [5, 5.41) is 12.9. The molecular formula is C18H31NO2. The van der Waals surface area contributed by atoms with Crippen molar-refractivity contribution in [3.8, 4) is 5.75 Å². The molecule has 0 fully saturated rings. The highest BCUT2D eigenvalue weighted by atomic mass is 16.5. The molecule has 0 amide bonds. The van der Waals surface area contributed by atoms with Crippen molar-refractivity contribution in [2.24, 2.45) is 0 Å². The van der Waals surface area contributed by atoms with Gasteiger partial charge in [-0.1, -0.05) is 24.6 Å². The number of nitrogens with one attached hydrogen (secondary N) is 1. The van der Waals surface area contributed by atoms with Crippen LogP contribution in [0.15, 0.2) is 18.2 Å². The summed E-state index contributed by atoms with van der Waals surface area (Å²) < 4.78 is 5.84. The van der Waals surface area contributed by atoms with E-state index in [0.29, 0.717) is 0 Å². The molecule has 1 rings (SSSR count). The SMILES string of the molecule is CCCNC(C)(CO)CCCCOc1ccc(C)cc1C. The minimum Gasteiger partial charge on any atom is -0.493 e. The van der Waals surface area contributed by atoms with E-state index in [-0.39, 0.29) is 12.1 Å². The Morgan fingerprint density at radius 1 is 1.24 bits per heavy atom. The molecule has 1 aromatic rings. The van der Waals surface area contributed by atoms with Crippen LogP contribution in [0.25, 0.3) is 0 Å². The van der Waals surface area contributed by atoms with E-state index < -0.39 is 0 Å². The van der Waals surface area contributed by atoms with Crippen molar-refractivity contribution in [3.05, 3.63) is 29.3 Å². The summed E-state index contributed by atoms with van der Waals surface area (Å²) >= 11 is 0. The molecule has 1 unspecified atom stereocenters. The summed E-state index contributed by atoms with van der Waals surface area (Å²) in [6.07, 6.45) is 4.13. The number of aryl methyl sites for hydroxylation is 2. The van der Waals surface area contributed by atoms with Gasteiger partial charge >= 0.3 is 0 Å². The molecule has 0 heterocycles. The monoisotopic (exact) mass is 293 g/mol. The number of aliphatic hydroxyl groups excluding tert-OH is 1. The highest BCUT2D eigenvalue weighted by Crippen LogP contribution is 2.19. The Balaban J connectivity index is 2.27. The van der Waals surface area contributed by atoms with Crippen LogP contribution in [-0.4, -0.2) is 30.4 Å². The number of rotatable bonds is 10. The Hall–Kier alpha value is -1.06. The van der Waals surface area contributed by atoms with Crippen LogP contribution in [0.5, 0.6) is 5.75 Å². The molecule has 0 aliphatic heterocycles. The number of hydrogen-bond acceptors (Lipinski definition) is 3. The fraction of sp³-hybridized carbons (Fsp3) is 0.667. The first-order valence-electron chi connectivity index (χ1n) is 8.06. The van der Waals surface area contributed by atoms with Crippen molar-refractivity contribution in [2.45, 2.75) is 58.9 Å². The minimum absolute atomic E-state index is 0.157. The normalized spacial score (nSPS) is 14.0. The summed E-state index contributed by atoms with van der Waals surface area (Å²) in [5.74, 6) is 0.981. The maximum atomic E-state index is 9.52. The van der Waals surface area contributed by atoms with E-state index in [1.54, 1.807) is 0 Å². The Labute approximate surface area is 129 Å². The van der Waals surface area contributed by atoms with Crippen molar-refractivity contribution in [1.29, 1.82) is 0 Å². The quantitative estimate of drug-likeness (QED) is 0.648. The molecule has 0 spiro atoms. The molecule has 120 valence electrons. The lowest BCUT2D eigenvalue weighted by Crippen LogP contribution is -2.46. The van der Waals surface area contributed by atoms with Crippen LogP contribution >= 0.6 is 0 Å². The van der Waals surface area contributed by atoms with E-state index in [2.05, 4.69) is 45.1 Å². The van der Waals surface area contributed by atoms with Gasteiger partial charge in [0.25, 0.3) is 0 Å². The fourth-order valence-electron chi connectivity index (χ4n) is 2.41. The zero-order chi connectivity index (χ0) is 15.7. The Kier molecular flexibility index (Phi) is 7.76. The summed E-state index contributed by atoms with van der Waals surface area (Å²) in [6.45, 7) is 10.3. The number of ether oxygens (including phenoxy) is 1. The third kappa shape index (κ3) is 6.49. The van der Waals surface area contributed by atoms with Crippen LogP contribution in [0, 0.1) is 13.8 Å². The van der Waals surface area contributed by atoms with E-state index in [1.807, 2.05) is 6.07 Å². The summed E-state index contributed by atoms with van der Waals surface area (Å²) in [6, 6.07) is 6.28. The standard InChI is InChI=1S/C18H31NO2/c1-5-11-19-18(4,14-20)10-6-7-12-21-17-9-8-15(2)13-16(17)3/h8-9,13,19-20H,5-7,10-12,14H2,1-4H3. The van der Waals surface area contributed by atoms with E-state index in [0.717, 1.165) is 44.6 Å². The first kappa shape index (κ1) is 18.0. The van der Waals surface area contributed by atoms with E-state index in [4.69, 9.17) is 4.74 Å². The van der Waals surface area contributed by atoms with Crippen molar-refractivity contribution in [1.82, 2.24) is 5.32 Å². The molecule has 0 aliphatic carbocycles. The second kappa shape index (κ2) is 9.06. The number of unbranched alkanes of at least 4 members (excludes halogenated alkanes) is 1. The predicted octanol–water partition coefficient (Wildman–Crippen LogP) is 3.60. The van der Waals surface area contributed by atoms with Crippen LogP contribution in [0.2, 0.25) is 0 Å². The molecule has 0 radical (unpaired) electrons. The Morgan fingerprint density at radius 2 is 2.00 bits per heavy atom. The lowest BCUT2D eigenvalue weighted by molar-refractivity contribution is 0.160. The molecule has 0 aliphatic rings. The topological polar surface area (TPSA) is 41.5 Å². The fourth-order valence-corrected chi connectivity index (χ4v) is 2.41. The number of hydrogen-bond donors (Lipinski definition) is 2. The van der Waals surface area contributed by atoms with Crippen LogP contribution in [0.1, 0.15) is 50.7 Å². The van der Waals surface area contributed by atoms with Crippen LogP contribution in [0.3, 0.4) is 0 Å². The molecule has 0 aromatic heterocycles. The van der Waals surface area contributed by atoms with Crippen LogP contribution in [-0.2, 0) is 0 Å². The van der Waals surface area contributed by atoms with Crippen molar-refractivity contribution in [2.75, 3.05) is 19.8 Å².